The monoisotopic (exact) mass is 314 g/mol. The first-order valence-corrected chi connectivity index (χ1v) is 6.65. The van der Waals surface area contributed by atoms with E-state index in [0.717, 1.165) is 23.7 Å². The lowest BCUT2D eigenvalue weighted by Gasteiger charge is -2.15. The molecule has 2 aromatic rings. The first-order valence-electron chi connectivity index (χ1n) is 6.65. The molecule has 2 N–H and O–H groups in total. The summed E-state index contributed by atoms with van der Waals surface area (Å²) < 4.78 is 11.3. The molecular formula is C17H18N2O4. The molecule has 0 aliphatic heterocycles. The van der Waals surface area contributed by atoms with Crippen LogP contribution in [0.2, 0.25) is 0 Å². The minimum atomic E-state index is 0.0256. The van der Waals surface area contributed by atoms with Crippen LogP contribution in [-0.4, -0.2) is 24.9 Å². The number of carbonyl (C=O) groups excluding carboxylic acids is 2. The van der Waals surface area contributed by atoms with Gasteiger partial charge in [0.1, 0.15) is 24.2 Å². The Morgan fingerprint density at radius 2 is 1.26 bits per heavy atom. The highest BCUT2D eigenvalue weighted by Gasteiger charge is 2.04. The largest absolute Gasteiger partial charge is 0.490 e. The average molecular weight is 314 g/mol. The molecule has 0 bridgehead atoms. The molecule has 23 heavy (non-hydrogen) atoms. The van der Waals surface area contributed by atoms with E-state index in [1.165, 1.54) is 0 Å². The van der Waals surface area contributed by atoms with Gasteiger partial charge in [-0.05, 0) is 31.2 Å². The summed E-state index contributed by atoms with van der Waals surface area (Å²) in [5.74, 6) is 1.74. The Labute approximate surface area is 134 Å². The topological polar surface area (TPSA) is 100 Å². The molecule has 120 valence electrons. The zero-order chi connectivity index (χ0) is 17.3. The second-order valence-corrected chi connectivity index (χ2v) is 4.07. The molecule has 0 fully saturated rings. The van der Waals surface area contributed by atoms with Gasteiger partial charge in [0, 0.05) is 0 Å². The standard InChI is InChI=1S/C15H16O2.2CHNO/c1-13(17-15-10-6-3-7-11-15)12-16-14-8-4-2-5-9-14;2*2-1-3/h2-11,13H,12H2,1H3;2*2H. The predicted molar refractivity (Wildman–Crippen MR) is 85.3 cm³/mol. The van der Waals surface area contributed by atoms with Crippen LogP contribution in [0.15, 0.2) is 60.7 Å². The van der Waals surface area contributed by atoms with Crippen molar-refractivity contribution in [2.45, 2.75) is 13.0 Å². The van der Waals surface area contributed by atoms with Crippen LogP contribution in [0.4, 0.5) is 0 Å². The van der Waals surface area contributed by atoms with Gasteiger partial charge in [-0.3, -0.25) is 0 Å². The van der Waals surface area contributed by atoms with E-state index in [1.807, 2.05) is 67.6 Å². The van der Waals surface area contributed by atoms with Crippen LogP contribution in [0, 0.1) is 10.8 Å². The fourth-order valence-electron chi connectivity index (χ4n) is 1.50. The number of hydrogen-bond donors (Lipinski definition) is 2. The quantitative estimate of drug-likeness (QED) is 0.653. The minimum Gasteiger partial charge on any atom is -0.490 e. The second kappa shape index (κ2) is 13.8. The molecule has 6 nitrogen and oxygen atoms in total. The van der Waals surface area contributed by atoms with Crippen LogP contribution >= 0.6 is 0 Å². The smallest absolute Gasteiger partial charge is 0.231 e. The van der Waals surface area contributed by atoms with Crippen molar-refractivity contribution >= 4 is 12.2 Å². The summed E-state index contributed by atoms with van der Waals surface area (Å²) in [5, 5.41) is 10.8. The van der Waals surface area contributed by atoms with Gasteiger partial charge < -0.3 is 9.47 Å². The molecule has 0 saturated carbocycles. The molecule has 0 heterocycles. The Bertz CT molecular complexity index is 579. The van der Waals surface area contributed by atoms with E-state index in [0.29, 0.717) is 6.61 Å². The molecule has 0 amide bonds. The van der Waals surface area contributed by atoms with Crippen LogP contribution in [-0.2, 0) is 9.59 Å². The van der Waals surface area contributed by atoms with Crippen LogP contribution in [0.5, 0.6) is 11.5 Å². The number of ether oxygens (including phenoxy) is 2. The summed E-state index contributed by atoms with van der Waals surface area (Å²) in [6.45, 7) is 2.54. The molecule has 6 heteroatoms. The third-order valence-corrected chi connectivity index (χ3v) is 2.31. The summed E-state index contributed by atoms with van der Waals surface area (Å²) in [7, 11) is 0. The van der Waals surface area contributed by atoms with Gasteiger partial charge in [0.2, 0.25) is 12.2 Å². The average Bonchev–Trinajstić information content (AvgIpc) is 2.56. The van der Waals surface area contributed by atoms with Gasteiger partial charge in [0.25, 0.3) is 0 Å². The Balaban J connectivity index is 0.000000704. The van der Waals surface area contributed by atoms with E-state index >= 15 is 0 Å². The van der Waals surface area contributed by atoms with E-state index in [1.54, 1.807) is 0 Å². The maximum absolute atomic E-state index is 8.35. The highest BCUT2D eigenvalue weighted by atomic mass is 16.5. The maximum Gasteiger partial charge on any atom is 0.231 e. The van der Waals surface area contributed by atoms with Crippen molar-refractivity contribution in [2.24, 2.45) is 0 Å². The number of isocyanates is 2. The van der Waals surface area contributed by atoms with Gasteiger partial charge in [0.15, 0.2) is 0 Å². The van der Waals surface area contributed by atoms with Gasteiger partial charge >= 0.3 is 0 Å². The van der Waals surface area contributed by atoms with Crippen LogP contribution in [0.1, 0.15) is 6.92 Å². The Hall–Kier alpha value is -3.20. The van der Waals surface area contributed by atoms with Crippen molar-refractivity contribution in [1.82, 2.24) is 0 Å². The van der Waals surface area contributed by atoms with Gasteiger partial charge in [-0.1, -0.05) is 36.4 Å². The zero-order valence-electron chi connectivity index (χ0n) is 12.7. The number of benzene rings is 2. The molecule has 1 unspecified atom stereocenters. The predicted octanol–water partition coefficient (Wildman–Crippen LogP) is 3.33. The first-order chi connectivity index (χ1) is 11.2. The highest BCUT2D eigenvalue weighted by Crippen LogP contribution is 2.13. The third kappa shape index (κ3) is 11.2. The molecule has 0 spiro atoms. The lowest BCUT2D eigenvalue weighted by molar-refractivity contribution is 0.143. The first kappa shape index (κ1) is 19.8. The maximum atomic E-state index is 8.35. The fraction of sp³-hybridized carbons (Fsp3) is 0.176. The van der Waals surface area contributed by atoms with Crippen molar-refractivity contribution in [3.8, 4) is 11.5 Å². The van der Waals surface area contributed by atoms with E-state index < -0.39 is 0 Å². The molecule has 1 atom stereocenters. The van der Waals surface area contributed by atoms with Gasteiger partial charge in [-0.2, -0.15) is 0 Å². The zero-order valence-corrected chi connectivity index (χ0v) is 12.7. The Kier molecular flexibility index (Phi) is 11.9. The molecule has 0 saturated heterocycles. The normalized spacial score (nSPS) is 9.43. The van der Waals surface area contributed by atoms with Crippen molar-refractivity contribution in [3.63, 3.8) is 0 Å². The number of rotatable bonds is 5. The molecule has 2 aromatic carbocycles. The molecular weight excluding hydrogens is 296 g/mol. The van der Waals surface area contributed by atoms with Crippen molar-refractivity contribution < 1.29 is 19.1 Å². The van der Waals surface area contributed by atoms with Crippen molar-refractivity contribution in [3.05, 3.63) is 60.7 Å². The van der Waals surface area contributed by atoms with E-state index in [4.69, 9.17) is 29.9 Å². The van der Waals surface area contributed by atoms with Crippen LogP contribution in [0.25, 0.3) is 0 Å². The summed E-state index contributed by atoms with van der Waals surface area (Å²) in [6.07, 6.45) is 1.53. The third-order valence-electron chi connectivity index (χ3n) is 2.31. The van der Waals surface area contributed by atoms with E-state index in [9.17, 15) is 0 Å². The molecule has 0 aromatic heterocycles. The SMILES string of the molecule is CC(COc1ccccc1)Oc1ccccc1.N=C=O.N=C=O. The number of hydrogen-bond acceptors (Lipinski definition) is 6. The fourth-order valence-corrected chi connectivity index (χ4v) is 1.50. The molecule has 2 rings (SSSR count). The Morgan fingerprint density at radius 3 is 1.70 bits per heavy atom. The lowest BCUT2D eigenvalue weighted by atomic mass is 10.3. The van der Waals surface area contributed by atoms with E-state index in [2.05, 4.69) is 0 Å². The van der Waals surface area contributed by atoms with E-state index in [-0.39, 0.29) is 6.10 Å². The number of nitrogens with one attached hydrogen (secondary N) is 2. The molecule has 0 aliphatic carbocycles. The Morgan fingerprint density at radius 1 is 0.870 bits per heavy atom. The van der Waals surface area contributed by atoms with Gasteiger partial charge in [-0.25, -0.2) is 20.4 Å². The van der Waals surface area contributed by atoms with Crippen LogP contribution < -0.4 is 9.47 Å². The van der Waals surface area contributed by atoms with Crippen molar-refractivity contribution in [1.29, 1.82) is 10.8 Å². The van der Waals surface area contributed by atoms with Crippen LogP contribution in [0.3, 0.4) is 0 Å². The minimum absolute atomic E-state index is 0.0256. The highest BCUT2D eigenvalue weighted by molar-refractivity contribution is 5.26. The van der Waals surface area contributed by atoms with Gasteiger partial charge in [0.05, 0.1) is 0 Å². The van der Waals surface area contributed by atoms with Crippen molar-refractivity contribution in [2.75, 3.05) is 6.61 Å². The van der Waals surface area contributed by atoms with Gasteiger partial charge in [-0.15, -0.1) is 0 Å². The second-order valence-electron chi connectivity index (χ2n) is 4.07. The number of para-hydroxylation sites is 2. The summed E-state index contributed by atoms with van der Waals surface area (Å²) >= 11 is 0. The lowest BCUT2D eigenvalue weighted by Crippen LogP contribution is -2.20. The molecule has 0 aliphatic rings. The summed E-state index contributed by atoms with van der Waals surface area (Å²) in [5.41, 5.74) is 0. The summed E-state index contributed by atoms with van der Waals surface area (Å²) in [4.78, 5) is 16.7. The molecule has 0 radical (unpaired) electrons. The summed E-state index contributed by atoms with van der Waals surface area (Å²) in [6, 6.07) is 19.5.